The van der Waals surface area contributed by atoms with Crippen molar-refractivity contribution in [3.05, 3.63) is 0 Å². The number of carboxylic acid groups (broad SMARTS) is 1. The fourth-order valence-corrected chi connectivity index (χ4v) is 2.47. The molecule has 1 heterocycles. The lowest BCUT2D eigenvalue weighted by molar-refractivity contribution is -0.139. The molecule has 1 aliphatic heterocycles. The number of aliphatic carboxylic acids is 1. The van der Waals surface area contributed by atoms with Gasteiger partial charge in [-0.3, -0.25) is 4.79 Å². The Morgan fingerprint density at radius 1 is 1.43 bits per heavy atom. The molecule has 3 nitrogen and oxygen atoms in total. The van der Waals surface area contributed by atoms with Crippen LogP contribution in [-0.4, -0.2) is 23.8 Å². The van der Waals surface area contributed by atoms with Crippen LogP contribution in [0.15, 0.2) is 0 Å². The Kier molecular flexibility index (Phi) is 3.06. The van der Waals surface area contributed by atoms with Gasteiger partial charge in [-0.2, -0.15) is 0 Å². The van der Waals surface area contributed by atoms with Crippen molar-refractivity contribution in [2.45, 2.75) is 44.6 Å². The molecule has 0 amide bonds. The second-order valence-corrected chi connectivity index (χ2v) is 4.49. The van der Waals surface area contributed by atoms with Gasteiger partial charge in [0.2, 0.25) is 0 Å². The molecule has 0 bridgehead atoms. The molecule has 1 N–H and O–H groups in total. The summed E-state index contributed by atoms with van der Waals surface area (Å²) in [5, 5.41) is 8.67. The molecule has 2 rings (SSSR count). The first-order valence-corrected chi connectivity index (χ1v) is 5.61. The standard InChI is InChI=1S/C11H18O3/c12-11(13)5-4-9(8-2-1-3-8)10-6-7-14-10/h8-10H,1-7H2,(H,12,13). The van der Waals surface area contributed by atoms with Crippen molar-refractivity contribution in [2.75, 3.05) is 6.61 Å². The van der Waals surface area contributed by atoms with Crippen molar-refractivity contribution in [2.24, 2.45) is 11.8 Å². The van der Waals surface area contributed by atoms with E-state index in [4.69, 9.17) is 9.84 Å². The van der Waals surface area contributed by atoms with Gasteiger partial charge in [-0.25, -0.2) is 0 Å². The lowest BCUT2D eigenvalue weighted by atomic mass is 9.70. The first kappa shape index (κ1) is 9.97. The Balaban J connectivity index is 1.81. The zero-order chi connectivity index (χ0) is 9.97. The molecule has 1 saturated carbocycles. The molecule has 2 atom stereocenters. The normalized spacial score (nSPS) is 29.0. The summed E-state index contributed by atoms with van der Waals surface area (Å²) in [5.41, 5.74) is 0. The van der Waals surface area contributed by atoms with Gasteiger partial charge in [-0.05, 0) is 24.7 Å². The highest BCUT2D eigenvalue weighted by molar-refractivity contribution is 5.66. The van der Waals surface area contributed by atoms with Crippen molar-refractivity contribution in [3.63, 3.8) is 0 Å². The van der Waals surface area contributed by atoms with Gasteiger partial charge in [0, 0.05) is 13.0 Å². The van der Waals surface area contributed by atoms with Crippen LogP contribution >= 0.6 is 0 Å². The van der Waals surface area contributed by atoms with E-state index < -0.39 is 5.97 Å². The molecule has 1 aliphatic carbocycles. The smallest absolute Gasteiger partial charge is 0.303 e. The number of rotatable bonds is 5. The van der Waals surface area contributed by atoms with E-state index in [9.17, 15) is 4.79 Å². The first-order valence-electron chi connectivity index (χ1n) is 5.61. The SMILES string of the molecule is O=C(O)CCC(C1CCC1)C1CCO1. The van der Waals surface area contributed by atoms with E-state index in [2.05, 4.69) is 0 Å². The van der Waals surface area contributed by atoms with Crippen LogP contribution in [0.4, 0.5) is 0 Å². The molecule has 3 heteroatoms. The van der Waals surface area contributed by atoms with Gasteiger partial charge in [0.05, 0.1) is 6.10 Å². The number of carbonyl (C=O) groups is 1. The molecule has 0 aromatic heterocycles. The Morgan fingerprint density at radius 2 is 2.14 bits per heavy atom. The molecule has 2 aliphatic rings. The predicted octanol–water partition coefficient (Wildman–Crippen LogP) is 2.06. The van der Waals surface area contributed by atoms with E-state index in [0.29, 0.717) is 18.4 Å². The molecule has 0 spiro atoms. The van der Waals surface area contributed by atoms with Crippen molar-refractivity contribution in [1.82, 2.24) is 0 Å². The van der Waals surface area contributed by atoms with Crippen LogP contribution in [0.5, 0.6) is 0 Å². The lowest BCUT2D eigenvalue weighted by Crippen LogP contribution is -2.40. The second kappa shape index (κ2) is 4.30. The van der Waals surface area contributed by atoms with Crippen molar-refractivity contribution < 1.29 is 14.6 Å². The lowest BCUT2D eigenvalue weighted by Gasteiger charge is -2.42. The predicted molar refractivity (Wildman–Crippen MR) is 52.1 cm³/mol. The summed E-state index contributed by atoms with van der Waals surface area (Å²) in [6.45, 7) is 0.876. The quantitative estimate of drug-likeness (QED) is 0.735. The summed E-state index contributed by atoms with van der Waals surface area (Å²) in [6, 6.07) is 0. The second-order valence-electron chi connectivity index (χ2n) is 4.49. The zero-order valence-electron chi connectivity index (χ0n) is 8.45. The third-order valence-electron chi connectivity index (χ3n) is 3.66. The summed E-state index contributed by atoms with van der Waals surface area (Å²) in [4.78, 5) is 10.5. The Labute approximate surface area is 84.4 Å². The van der Waals surface area contributed by atoms with Gasteiger partial charge >= 0.3 is 5.97 Å². The number of hydrogen-bond acceptors (Lipinski definition) is 2. The van der Waals surface area contributed by atoms with Crippen molar-refractivity contribution in [3.8, 4) is 0 Å². The van der Waals surface area contributed by atoms with Gasteiger partial charge in [-0.15, -0.1) is 0 Å². The topological polar surface area (TPSA) is 46.5 Å². The molecule has 2 fully saturated rings. The largest absolute Gasteiger partial charge is 0.481 e. The maximum Gasteiger partial charge on any atom is 0.303 e. The maximum atomic E-state index is 10.5. The monoisotopic (exact) mass is 198 g/mol. The number of ether oxygens (including phenoxy) is 1. The minimum Gasteiger partial charge on any atom is -0.481 e. The van der Waals surface area contributed by atoms with Crippen LogP contribution in [0.25, 0.3) is 0 Å². The number of hydrogen-bond donors (Lipinski definition) is 1. The fourth-order valence-electron chi connectivity index (χ4n) is 2.47. The van der Waals surface area contributed by atoms with Gasteiger partial charge in [0.15, 0.2) is 0 Å². The van der Waals surface area contributed by atoms with Gasteiger partial charge in [0.1, 0.15) is 0 Å². The Bertz CT molecular complexity index is 193. The van der Waals surface area contributed by atoms with Crippen LogP contribution < -0.4 is 0 Å². The van der Waals surface area contributed by atoms with Crippen molar-refractivity contribution in [1.29, 1.82) is 0 Å². The summed E-state index contributed by atoms with van der Waals surface area (Å²) < 4.78 is 5.49. The first-order chi connectivity index (χ1) is 6.77. The van der Waals surface area contributed by atoms with E-state index in [0.717, 1.165) is 25.4 Å². The van der Waals surface area contributed by atoms with Crippen molar-refractivity contribution >= 4 is 5.97 Å². The van der Waals surface area contributed by atoms with Crippen LogP contribution in [0.2, 0.25) is 0 Å². The minimum absolute atomic E-state index is 0.307. The van der Waals surface area contributed by atoms with Crippen LogP contribution in [0, 0.1) is 11.8 Å². The van der Waals surface area contributed by atoms with Crippen LogP contribution in [-0.2, 0) is 9.53 Å². The third-order valence-corrected chi connectivity index (χ3v) is 3.66. The summed E-state index contributed by atoms with van der Waals surface area (Å²) in [6.07, 6.45) is 6.52. The van der Waals surface area contributed by atoms with E-state index in [1.165, 1.54) is 19.3 Å². The van der Waals surface area contributed by atoms with E-state index in [1.54, 1.807) is 0 Å². The molecule has 0 radical (unpaired) electrons. The molecule has 2 unspecified atom stereocenters. The number of carboxylic acids is 1. The summed E-state index contributed by atoms with van der Waals surface area (Å²) in [7, 11) is 0. The van der Waals surface area contributed by atoms with E-state index in [-0.39, 0.29) is 0 Å². The van der Waals surface area contributed by atoms with E-state index in [1.807, 2.05) is 0 Å². The third kappa shape index (κ3) is 2.08. The molecule has 0 aromatic carbocycles. The molecule has 0 aromatic rings. The Hall–Kier alpha value is -0.570. The zero-order valence-corrected chi connectivity index (χ0v) is 8.45. The minimum atomic E-state index is -0.673. The Morgan fingerprint density at radius 3 is 2.50 bits per heavy atom. The highest BCUT2D eigenvalue weighted by atomic mass is 16.5. The van der Waals surface area contributed by atoms with Crippen LogP contribution in [0.1, 0.15) is 38.5 Å². The molecule has 14 heavy (non-hydrogen) atoms. The van der Waals surface area contributed by atoms with Gasteiger partial charge < -0.3 is 9.84 Å². The molecular formula is C11H18O3. The highest BCUT2D eigenvalue weighted by Gasteiger charge is 2.36. The molecular weight excluding hydrogens is 180 g/mol. The summed E-state index contributed by atoms with van der Waals surface area (Å²) >= 11 is 0. The van der Waals surface area contributed by atoms with Gasteiger partial charge in [0.25, 0.3) is 0 Å². The summed E-state index contributed by atoms with van der Waals surface area (Å²) in [5.74, 6) is 0.599. The van der Waals surface area contributed by atoms with E-state index >= 15 is 0 Å². The molecule has 80 valence electrons. The highest BCUT2D eigenvalue weighted by Crippen LogP contribution is 2.41. The molecule has 1 saturated heterocycles. The maximum absolute atomic E-state index is 10.5. The van der Waals surface area contributed by atoms with Gasteiger partial charge in [-0.1, -0.05) is 19.3 Å². The fraction of sp³-hybridized carbons (Fsp3) is 0.909. The average Bonchev–Trinajstić information content (AvgIpc) is 1.92. The average molecular weight is 198 g/mol. The van der Waals surface area contributed by atoms with Crippen LogP contribution in [0.3, 0.4) is 0 Å².